The fourth-order valence-electron chi connectivity index (χ4n) is 2.14. The molecule has 0 unspecified atom stereocenters. The van der Waals surface area contributed by atoms with Crippen LogP contribution in [0.2, 0.25) is 0 Å². The Kier molecular flexibility index (Phi) is 3.63. The Bertz CT molecular complexity index is 424. The number of aromatic nitrogens is 2. The SMILES string of the molecule is COc1c(NC2CCC(N)CC2)nc[nH]c1=O. The molecular formula is C11H18N4O2. The van der Waals surface area contributed by atoms with Gasteiger partial charge in [-0.2, -0.15) is 0 Å². The maximum Gasteiger partial charge on any atom is 0.295 e. The fraction of sp³-hybridized carbons (Fsp3) is 0.636. The van der Waals surface area contributed by atoms with Crippen molar-refractivity contribution in [2.45, 2.75) is 37.8 Å². The standard InChI is InChI=1S/C11H18N4O2/c1-17-9-10(13-6-14-11(9)16)15-8-4-2-7(12)3-5-8/h6-8H,2-5,12H2,1H3,(H2,13,14,15,16). The normalized spacial score (nSPS) is 24.4. The van der Waals surface area contributed by atoms with Crippen LogP contribution in [-0.4, -0.2) is 29.2 Å². The van der Waals surface area contributed by atoms with Crippen molar-refractivity contribution >= 4 is 5.82 Å². The topological polar surface area (TPSA) is 93.0 Å². The lowest BCUT2D eigenvalue weighted by Crippen LogP contribution is -2.33. The first-order chi connectivity index (χ1) is 8.20. The van der Waals surface area contributed by atoms with E-state index in [0.29, 0.717) is 17.9 Å². The smallest absolute Gasteiger partial charge is 0.295 e. The summed E-state index contributed by atoms with van der Waals surface area (Å²) in [7, 11) is 1.47. The van der Waals surface area contributed by atoms with Crippen molar-refractivity contribution in [2.75, 3.05) is 12.4 Å². The van der Waals surface area contributed by atoms with Gasteiger partial charge in [0.25, 0.3) is 5.56 Å². The Balaban J connectivity index is 2.08. The van der Waals surface area contributed by atoms with Gasteiger partial charge in [0, 0.05) is 12.1 Å². The van der Waals surface area contributed by atoms with Gasteiger partial charge in [0.2, 0.25) is 5.75 Å². The van der Waals surface area contributed by atoms with Crippen LogP contribution in [0.5, 0.6) is 5.75 Å². The van der Waals surface area contributed by atoms with Crippen molar-refractivity contribution in [1.82, 2.24) is 9.97 Å². The molecule has 1 heterocycles. The molecule has 1 aromatic heterocycles. The summed E-state index contributed by atoms with van der Waals surface area (Å²) in [5.41, 5.74) is 5.58. The van der Waals surface area contributed by atoms with Crippen LogP contribution in [0, 0.1) is 0 Å². The molecule has 1 fully saturated rings. The van der Waals surface area contributed by atoms with E-state index >= 15 is 0 Å². The van der Waals surface area contributed by atoms with E-state index in [0.717, 1.165) is 25.7 Å². The number of nitrogens with zero attached hydrogens (tertiary/aromatic N) is 1. The molecule has 0 amide bonds. The Hall–Kier alpha value is -1.56. The van der Waals surface area contributed by atoms with Crippen LogP contribution < -0.4 is 21.3 Å². The molecule has 0 aromatic carbocycles. The zero-order chi connectivity index (χ0) is 12.3. The number of methoxy groups -OCH3 is 1. The van der Waals surface area contributed by atoms with Crippen molar-refractivity contribution in [3.63, 3.8) is 0 Å². The van der Waals surface area contributed by atoms with E-state index in [-0.39, 0.29) is 11.3 Å². The second-order valence-corrected chi connectivity index (χ2v) is 4.37. The zero-order valence-corrected chi connectivity index (χ0v) is 9.90. The molecule has 0 bridgehead atoms. The van der Waals surface area contributed by atoms with E-state index in [1.54, 1.807) is 0 Å². The average Bonchev–Trinajstić information content (AvgIpc) is 2.32. The summed E-state index contributed by atoms with van der Waals surface area (Å²) in [6.45, 7) is 0. The minimum atomic E-state index is -0.266. The summed E-state index contributed by atoms with van der Waals surface area (Å²) in [6.07, 6.45) is 5.38. The molecule has 0 saturated heterocycles. The van der Waals surface area contributed by atoms with Gasteiger partial charge in [-0.25, -0.2) is 4.98 Å². The molecule has 94 valence electrons. The maximum absolute atomic E-state index is 11.5. The quantitative estimate of drug-likeness (QED) is 0.711. The second kappa shape index (κ2) is 5.18. The highest BCUT2D eigenvalue weighted by Crippen LogP contribution is 2.23. The van der Waals surface area contributed by atoms with Crippen molar-refractivity contribution in [2.24, 2.45) is 5.73 Å². The number of rotatable bonds is 3. The first-order valence-corrected chi connectivity index (χ1v) is 5.84. The summed E-state index contributed by atoms with van der Waals surface area (Å²) in [4.78, 5) is 18.1. The molecular weight excluding hydrogens is 220 g/mol. The van der Waals surface area contributed by atoms with E-state index in [2.05, 4.69) is 15.3 Å². The highest BCUT2D eigenvalue weighted by molar-refractivity contribution is 5.48. The molecule has 1 aromatic rings. The Morgan fingerprint density at radius 1 is 1.47 bits per heavy atom. The number of aromatic amines is 1. The van der Waals surface area contributed by atoms with Gasteiger partial charge in [0.05, 0.1) is 13.4 Å². The van der Waals surface area contributed by atoms with E-state index in [1.165, 1.54) is 13.4 Å². The molecule has 0 radical (unpaired) electrons. The third-order valence-corrected chi connectivity index (χ3v) is 3.13. The third-order valence-electron chi connectivity index (χ3n) is 3.13. The lowest BCUT2D eigenvalue weighted by Gasteiger charge is -2.27. The number of hydrogen-bond acceptors (Lipinski definition) is 5. The van der Waals surface area contributed by atoms with Crippen LogP contribution in [0.4, 0.5) is 5.82 Å². The Morgan fingerprint density at radius 2 is 2.18 bits per heavy atom. The number of hydrogen-bond donors (Lipinski definition) is 3. The molecule has 1 aliphatic carbocycles. The maximum atomic E-state index is 11.5. The van der Waals surface area contributed by atoms with Crippen LogP contribution in [-0.2, 0) is 0 Å². The van der Waals surface area contributed by atoms with E-state index in [9.17, 15) is 4.79 Å². The van der Waals surface area contributed by atoms with Crippen LogP contribution in [0.25, 0.3) is 0 Å². The largest absolute Gasteiger partial charge is 0.489 e. The van der Waals surface area contributed by atoms with Crippen LogP contribution >= 0.6 is 0 Å². The summed E-state index contributed by atoms with van der Waals surface area (Å²) in [6, 6.07) is 0.625. The van der Waals surface area contributed by atoms with E-state index in [4.69, 9.17) is 10.5 Å². The average molecular weight is 238 g/mol. The predicted molar refractivity (Wildman–Crippen MR) is 65.3 cm³/mol. The summed E-state index contributed by atoms with van der Waals surface area (Å²) >= 11 is 0. The van der Waals surface area contributed by atoms with Gasteiger partial charge in [0.1, 0.15) is 0 Å². The van der Waals surface area contributed by atoms with Gasteiger partial charge in [-0.3, -0.25) is 4.79 Å². The monoisotopic (exact) mass is 238 g/mol. The first-order valence-electron chi connectivity index (χ1n) is 5.84. The number of ether oxygens (including phenoxy) is 1. The summed E-state index contributed by atoms with van der Waals surface area (Å²) in [5.74, 6) is 0.749. The van der Waals surface area contributed by atoms with Gasteiger partial charge in [0.15, 0.2) is 5.82 Å². The van der Waals surface area contributed by atoms with Gasteiger partial charge in [-0.05, 0) is 25.7 Å². The molecule has 6 nitrogen and oxygen atoms in total. The van der Waals surface area contributed by atoms with Crippen LogP contribution in [0.1, 0.15) is 25.7 Å². The molecule has 0 aliphatic heterocycles. The second-order valence-electron chi connectivity index (χ2n) is 4.37. The van der Waals surface area contributed by atoms with Gasteiger partial charge in [-0.15, -0.1) is 0 Å². The number of anilines is 1. The summed E-state index contributed by atoms with van der Waals surface area (Å²) in [5, 5.41) is 3.25. The number of H-pyrrole nitrogens is 1. The lowest BCUT2D eigenvalue weighted by atomic mass is 9.92. The van der Waals surface area contributed by atoms with Gasteiger partial charge < -0.3 is 20.8 Å². The molecule has 2 rings (SSSR count). The molecule has 1 aliphatic rings. The van der Waals surface area contributed by atoms with Crippen LogP contribution in [0.3, 0.4) is 0 Å². The zero-order valence-electron chi connectivity index (χ0n) is 9.90. The van der Waals surface area contributed by atoms with E-state index < -0.39 is 0 Å². The highest BCUT2D eigenvalue weighted by atomic mass is 16.5. The van der Waals surface area contributed by atoms with Gasteiger partial charge in [-0.1, -0.05) is 0 Å². The minimum absolute atomic E-state index is 0.238. The molecule has 1 saturated carbocycles. The number of nitrogens with one attached hydrogen (secondary N) is 2. The van der Waals surface area contributed by atoms with Crippen molar-refractivity contribution in [3.05, 3.63) is 16.7 Å². The minimum Gasteiger partial charge on any atom is -0.489 e. The molecule has 0 atom stereocenters. The first kappa shape index (κ1) is 11.9. The molecule has 6 heteroatoms. The van der Waals surface area contributed by atoms with Crippen LogP contribution in [0.15, 0.2) is 11.1 Å². The Morgan fingerprint density at radius 3 is 2.82 bits per heavy atom. The lowest BCUT2D eigenvalue weighted by molar-refractivity contribution is 0.396. The van der Waals surface area contributed by atoms with Crippen molar-refractivity contribution in [3.8, 4) is 5.75 Å². The van der Waals surface area contributed by atoms with Crippen molar-refractivity contribution in [1.29, 1.82) is 0 Å². The fourth-order valence-corrected chi connectivity index (χ4v) is 2.14. The van der Waals surface area contributed by atoms with Gasteiger partial charge >= 0.3 is 0 Å². The van der Waals surface area contributed by atoms with Crippen molar-refractivity contribution < 1.29 is 4.74 Å². The highest BCUT2D eigenvalue weighted by Gasteiger charge is 2.20. The molecule has 0 spiro atoms. The third kappa shape index (κ3) is 2.76. The Labute approximate surface area is 99.6 Å². The number of nitrogens with two attached hydrogens (primary N) is 1. The van der Waals surface area contributed by atoms with E-state index in [1.807, 2.05) is 0 Å². The molecule has 4 N–H and O–H groups in total. The summed E-state index contributed by atoms with van der Waals surface area (Å²) < 4.78 is 5.05. The predicted octanol–water partition coefficient (Wildman–Crippen LogP) is 0.460. The molecule has 17 heavy (non-hydrogen) atoms.